The molecule has 0 bridgehead atoms. The number of benzene rings is 1. The van der Waals surface area contributed by atoms with Gasteiger partial charge in [0.25, 0.3) is 0 Å². The average Bonchev–Trinajstić information content (AvgIpc) is 2.33. The van der Waals surface area contributed by atoms with Crippen molar-refractivity contribution in [1.29, 1.82) is 0 Å². The Labute approximate surface area is 119 Å². The summed E-state index contributed by atoms with van der Waals surface area (Å²) in [6.45, 7) is 1.60. The Morgan fingerprint density at radius 2 is 2.05 bits per heavy atom. The van der Waals surface area contributed by atoms with E-state index in [1.807, 2.05) is 0 Å². The van der Waals surface area contributed by atoms with Crippen molar-refractivity contribution in [2.75, 3.05) is 5.32 Å². The summed E-state index contributed by atoms with van der Waals surface area (Å²) < 4.78 is 0. The number of aromatic carboxylic acids is 1. The van der Waals surface area contributed by atoms with Gasteiger partial charge < -0.3 is 10.4 Å². The van der Waals surface area contributed by atoms with Gasteiger partial charge in [0.1, 0.15) is 0 Å². The molecule has 19 heavy (non-hydrogen) atoms. The van der Waals surface area contributed by atoms with Gasteiger partial charge >= 0.3 is 5.97 Å². The van der Waals surface area contributed by atoms with Gasteiger partial charge in [0.05, 0.1) is 21.3 Å². The van der Waals surface area contributed by atoms with E-state index >= 15 is 0 Å². The van der Waals surface area contributed by atoms with Crippen LogP contribution in [0.25, 0.3) is 0 Å². The highest BCUT2D eigenvalue weighted by molar-refractivity contribution is 6.42. The van der Waals surface area contributed by atoms with Crippen LogP contribution < -0.4 is 5.32 Å². The molecule has 0 aliphatic rings. The molecule has 1 heterocycles. The molecule has 0 amide bonds. The topological polar surface area (TPSA) is 75.1 Å². The summed E-state index contributed by atoms with van der Waals surface area (Å²) in [5.41, 5.74) is 1.11. The van der Waals surface area contributed by atoms with E-state index in [-0.39, 0.29) is 5.56 Å². The normalized spacial score (nSPS) is 10.3. The van der Waals surface area contributed by atoms with Gasteiger partial charge in [0.2, 0.25) is 5.95 Å². The number of rotatable bonds is 3. The molecule has 2 rings (SSSR count). The minimum atomic E-state index is -1.06. The molecule has 98 valence electrons. The smallest absolute Gasteiger partial charge is 0.339 e. The second kappa shape index (κ2) is 5.42. The Kier molecular flexibility index (Phi) is 3.87. The Hall–Kier alpha value is -1.85. The number of hydrogen-bond acceptors (Lipinski definition) is 4. The minimum Gasteiger partial charge on any atom is -0.478 e. The van der Waals surface area contributed by atoms with Gasteiger partial charge in [-0.2, -0.15) is 0 Å². The summed E-state index contributed by atoms with van der Waals surface area (Å²) in [5, 5.41) is 12.7. The average molecular weight is 298 g/mol. The number of nitrogens with one attached hydrogen (secondary N) is 1. The lowest BCUT2D eigenvalue weighted by molar-refractivity contribution is 0.0695. The third-order valence-corrected chi connectivity index (χ3v) is 3.12. The van der Waals surface area contributed by atoms with Crippen molar-refractivity contribution in [2.24, 2.45) is 0 Å². The predicted molar refractivity (Wildman–Crippen MR) is 73.5 cm³/mol. The number of carboxylic acid groups (broad SMARTS) is 1. The zero-order valence-corrected chi connectivity index (χ0v) is 11.3. The van der Waals surface area contributed by atoms with Crippen LogP contribution in [0.2, 0.25) is 10.0 Å². The van der Waals surface area contributed by atoms with Crippen molar-refractivity contribution in [1.82, 2.24) is 9.97 Å². The molecule has 0 aliphatic heterocycles. The molecule has 0 saturated heterocycles. The molecule has 0 saturated carbocycles. The van der Waals surface area contributed by atoms with Crippen molar-refractivity contribution in [3.05, 3.63) is 45.7 Å². The van der Waals surface area contributed by atoms with E-state index in [0.717, 1.165) is 0 Å². The Morgan fingerprint density at radius 3 is 2.63 bits per heavy atom. The predicted octanol–water partition coefficient (Wildman–Crippen LogP) is 3.53. The second-order valence-electron chi connectivity index (χ2n) is 3.75. The highest BCUT2D eigenvalue weighted by Gasteiger charge is 2.10. The fraction of sp³-hybridized carbons (Fsp3) is 0.0833. The highest BCUT2D eigenvalue weighted by atomic mass is 35.5. The van der Waals surface area contributed by atoms with Crippen LogP contribution in [0.15, 0.2) is 24.4 Å². The number of aryl methyl sites for hydroxylation is 1. The number of carbonyl (C=O) groups is 1. The molecule has 0 aliphatic carbocycles. The number of carboxylic acids is 1. The van der Waals surface area contributed by atoms with E-state index in [1.165, 1.54) is 6.20 Å². The molecule has 0 unspecified atom stereocenters. The van der Waals surface area contributed by atoms with Gasteiger partial charge in [0, 0.05) is 11.9 Å². The fourth-order valence-electron chi connectivity index (χ4n) is 1.44. The van der Waals surface area contributed by atoms with Gasteiger partial charge in [-0.15, -0.1) is 0 Å². The highest BCUT2D eigenvalue weighted by Crippen LogP contribution is 2.26. The summed E-state index contributed by atoms with van der Waals surface area (Å²) in [6, 6.07) is 5.00. The van der Waals surface area contributed by atoms with Crippen LogP contribution in [0.1, 0.15) is 16.1 Å². The van der Waals surface area contributed by atoms with Crippen LogP contribution in [0.5, 0.6) is 0 Å². The van der Waals surface area contributed by atoms with Gasteiger partial charge in [-0.3, -0.25) is 0 Å². The Morgan fingerprint density at radius 1 is 1.32 bits per heavy atom. The molecule has 5 nitrogen and oxygen atoms in total. The number of halogens is 2. The van der Waals surface area contributed by atoms with Gasteiger partial charge in [-0.1, -0.05) is 23.2 Å². The van der Waals surface area contributed by atoms with Crippen molar-refractivity contribution in [3.63, 3.8) is 0 Å². The number of aromatic nitrogens is 2. The standard InChI is InChI=1S/C12H9Cl2N3O2/c1-6-8(11(18)19)5-15-12(16-6)17-7-2-3-9(13)10(14)4-7/h2-5H,1H3,(H,18,19)(H,15,16,17). The maximum Gasteiger partial charge on any atom is 0.339 e. The van der Waals surface area contributed by atoms with Crippen molar-refractivity contribution < 1.29 is 9.90 Å². The number of anilines is 2. The van der Waals surface area contributed by atoms with Crippen LogP contribution in [0.3, 0.4) is 0 Å². The minimum absolute atomic E-state index is 0.0692. The zero-order chi connectivity index (χ0) is 14.0. The maximum atomic E-state index is 10.8. The summed E-state index contributed by atoms with van der Waals surface area (Å²) in [6.07, 6.45) is 1.25. The fourth-order valence-corrected chi connectivity index (χ4v) is 1.74. The number of hydrogen-bond donors (Lipinski definition) is 2. The molecule has 0 spiro atoms. The van der Waals surface area contributed by atoms with E-state index in [2.05, 4.69) is 15.3 Å². The van der Waals surface area contributed by atoms with Crippen molar-refractivity contribution in [2.45, 2.75) is 6.92 Å². The second-order valence-corrected chi connectivity index (χ2v) is 4.57. The molecule has 0 radical (unpaired) electrons. The van der Waals surface area contributed by atoms with E-state index in [9.17, 15) is 4.79 Å². The van der Waals surface area contributed by atoms with Gasteiger partial charge in [-0.05, 0) is 25.1 Å². The molecule has 1 aromatic carbocycles. The van der Waals surface area contributed by atoms with E-state index in [0.29, 0.717) is 27.4 Å². The Balaban J connectivity index is 2.26. The Bertz CT molecular complexity index is 647. The lowest BCUT2D eigenvalue weighted by Crippen LogP contribution is -2.06. The van der Waals surface area contributed by atoms with Crippen LogP contribution in [-0.4, -0.2) is 21.0 Å². The van der Waals surface area contributed by atoms with Gasteiger partial charge in [-0.25, -0.2) is 14.8 Å². The molecule has 0 atom stereocenters. The van der Waals surface area contributed by atoms with Gasteiger partial charge in [0.15, 0.2) is 0 Å². The molecule has 2 aromatic rings. The summed E-state index contributed by atoms with van der Waals surface area (Å²) in [7, 11) is 0. The molecule has 0 fully saturated rings. The van der Waals surface area contributed by atoms with E-state index < -0.39 is 5.97 Å². The first-order chi connectivity index (χ1) is 8.97. The van der Waals surface area contributed by atoms with Crippen LogP contribution in [0, 0.1) is 6.92 Å². The maximum absolute atomic E-state index is 10.8. The number of nitrogens with zero attached hydrogens (tertiary/aromatic N) is 2. The first kappa shape index (κ1) is 13.6. The lowest BCUT2D eigenvalue weighted by atomic mass is 10.2. The summed E-state index contributed by atoms with van der Waals surface area (Å²) in [5.74, 6) is -0.764. The zero-order valence-electron chi connectivity index (χ0n) is 9.82. The third-order valence-electron chi connectivity index (χ3n) is 2.39. The molecule has 2 N–H and O–H groups in total. The molecule has 1 aromatic heterocycles. The first-order valence-corrected chi connectivity index (χ1v) is 6.02. The van der Waals surface area contributed by atoms with Crippen molar-refractivity contribution in [3.8, 4) is 0 Å². The molecular formula is C12H9Cl2N3O2. The monoisotopic (exact) mass is 297 g/mol. The largest absolute Gasteiger partial charge is 0.478 e. The van der Waals surface area contributed by atoms with Crippen LogP contribution >= 0.6 is 23.2 Å². The summed E-state index contributed by atoms with van der Waals surface area (Å²) in [4.78, 5) is 18.8. The quantitative estimate of drug-likeness (QED) is 0.906. The summed E-state index contributed by atoms with van der Waals surface area (Å²) >= 11 is 11.7. The molecule has 7 heteroatoms. The van der Waals surface area contributed by atoms with Crippen LogP contribution in [0.4, 0.5) is 11.6 Å². The molecular weight excluding hydrogens is 289 g/mol. The third kappa shape index (κ3) is 3.13. The van der Waals surface area contributed by atoms with E-state index in [1.54, 1.807) is 25.1 Å². The SMILES string of the molecule is Cc1nc(Nc2ccc(Cl)c(Cl)c2)ncc1C(=O)O. The first-order valence-electron chi connectivity index (χ1n) is 5.26. The van der Waals surface area contributed by atoms with E-state index in [4.69, 9.17) is 28.3 Å². The lowest BCUT2D eigenvalue weighted by Gasteiger charge is -2.07. The van der Waals surface area contributed by atoms with Crippen molar-refractivity contribution >= 4 is 40.8 Å². The van der Waals surface area contributed by atoms with Crippen LogP contribution in [-0.2, 0) is 0 Å².